The molecule has 0 atom stereocenters. The minimum atomic E-state index is -3.86. The third kappa shape index (κ3) is 6.45. The molecule has 3 aromatic rings. The van der Waals surface area contributed by atoms with Crippen LogP contribution in [0.15, 0.2) is 70.0 Å². The summed E-state index contributed by atoms with van der Waals surface area (Å²) < 4.78 is 39.9. The standard InChI is InChI=1S/C25H25BrN2O5S/c1-3-32-25(29)14-19-6-4-5-7-24(19)33-16-18-12-22(26)21(15-27)23(13-18)28-34(30,31)20-10-8-17(2)9-11-20/h4-13,15,27-28H,3,14,16H2,1-2H3. The number of rotatable bonds is 10. The van der Waals surface area contributed by atoms with Crippen LogP contribution in [0.4, 0.5) is 5.69 Å². The van der Waals surface area contributed by atoms with E-state index in [-0.39, 0.29) is 29.6 Å². The first kappa shape index (κ1) is 25.5. The Morgan fingerprint density at radius 1 is 1.12 bits per heavy atom. The molecule has 0 aromatic heterocycles. The first-order valence-corrected chi connectivity index (χ1v) is 12.8. The zero-order valence-electron chi connectivity index (χ0n) is 18.8. The lowest BCUT2D eigenvalue weighted by Crippen LogP contribution is -2.15. The van der Waals surface area contributed by atoms with Crippen molar-refractivity contribution in [3.63, 3.8) is 0 Å². The molecule has 178 valence electrons. The van der Waals surface area contributed by atoms with Crippen LogP contribution >= 0.6 is 15.9 Å². The van der Waals surface area contributed by atoms with Crippen molar-refractivity contribution < 1.29 is 22.7 Å². The van der Waals surface area contributed by atoms with Crippen molar-refractivity contribution in [1.82, 2.24) is 0 Å². The molecule has 0 amide bonds. The molecule has 0 aliphatic heterocycles. The summed E-state index contributed by atoms with van der Waals surface area (Å²) in [6.07, 6.45) is 1.17. The minimum absolute atomic E-state index is 0.0854. The third-order valence-electron chi connectivity index (χ3n) is 4.92. The fraction of sp³-hybridized carbons (Fsp3) is 0.200. The summed E-state index contributed by atoms with van der Waals surface area (Å²) in [5, 5.41) is 7.74. The second kappa shape index (κ2) is 11.3. The van der Waals surface area contributed by atoms with E-state index in [1.807, 2.05) is 13.0 Å². The number of sulfonamides is 1. The Bertz CT molecular complexity index is 1290. The van der Waals surface area contributed by atoms with E-state index in [4.69, 9.17) is 14.9 Å². The number of hydrogen-bond acceptors (Lipinski definition) is 6. The van der Waals surface area contributed by atoms with Crippen LogP contribution in [0.2, 0.25) is 0 Å². The molecule has 7 nitrogen and oxygen atoms in total. The van der Waals surface area contributed by atoms with Gasteiger partial charge in [0.1, 0.15) is 12.4 Å². The first-order valence-electron chi connectivity index (χ1n) is 10.5. The molecular weight excluding hydrogens is 520 g/mol. The Kier molecular flexibility index (Phi) is 8.46. The van der Waals surface area contributed by atoms with Crippen molar-refractivity contribution >= 4 is 43.8 Å². The lowest BCUT2D eigenvalue weighted by Gasteiger charge is -2.15. The maximum absolute atomic E-state index is 12.9. The normalized spacial score (nSPS) is 11.0. The first-order chi connectivity index (χ1) is 16.2. The van der Waals surface area contributed by atoms with Crippen molar-refractivity contribution in [2.75, 3.05) is 11.3 Å². The van der Waals surface area contributed by atoms with Crippen LogP contribution in [0.3, 0.4) is 0 Å². The van der Waals surface area contributed by atoms with Gasteiger partial charge in [-0.15, -0.1) is 0 Å². The zero-order chi connectivity index (χ0) is 24.7. The molecule has 0 bridgehead atoms. The van der Waals surface area contributed by atoms with Gasteiger partial charge in [-0.1, -0.05) is 51.8 Å². The minimum Gasteiger partial charge on any atom is -0.489 e. The highest BCUT2D eigenvalue weighted by Gasteiger charge is 2.18. The molecule has 0 fully saturated rings. The molecule has 0 saturated carbocycles. The van der Waals surface area contributed by atoms with Gasteiger partial charge in [-0.25, -0.2) is 8.42 Å². The quantitative estimate of drug-likeness (QED) is 0.268. The van der Waals surface area contributed by atoms with Gasteiger partial charge >= 0.3 is 5.97 Å². The Labute approximate surface area is 207 Å². The number of ether oxygens (including phenoxy) is 2. The molecule has 3 aromatic carbocycles. The third-order valence-corrected chi connectivity index (χ3v) is 6.95. The van der Waals surface area contributed by atoms with Gasteiger partial charge in [-0.05, 0) is 49.7 Å². The molecule has 0 saturated heterocycles. The predicted octanol–water partition coefficient (Wildman–Crippen LogP) is 5.24. The van der Waals surface area contributed by atoms with Crippen LogP contribution in [-0.2, 0) is 32.6 Å². The van der Waals surface area contributed by atoms with Crippen molar-refractivity contribution in [3.8, 4) is 5.75 Å². The number of esters is 1. The van der Waals surface area contributed by atoms with Crippen LogP contribution in [0.25, 0.3) is 0 Å². The Morgan fingerprint density at radius 2 is 1.82 bits per heavy atom. The van der Waals surface area contributed by atoms with Gasteiger partial charge in [0.15, 0.2) is 0 Å². The number of nitrogens with one attached hydrogen (secondary N) is 2. The van der Waals surface area contributed by atoms with Gasteiger partial charge in [-0.3, -0.25) is 9.52 Å². The van der Waals surface area contributed by atoms with E-state index in [2.05, 4.69) is 20.7 Å². The molecule has 0 heterocycles. The van der Waals surface area contributed by atoms with Crippen molar-refractivity contribution in [2.45, 2.75) is 31.8 Å². The Hall–Kier alpha value is -3.17. The summed E-state index contributed by atoms with van der Waals surface area (Å²) in [4.78, 5) is 12.0. The van der Waals surface area contributed by atoms with E-state index in [0.29, 0.717) is 33.5 Å². The summed E-state index contributed by atoms with van der Waals surface area (Å²) in [5.74, 6) is 0.189. The monoisotopic (exact) mass is 544 g/mol. The number of anilines is 1. The number of para-hydroxylation sites is 1. The lowest BCUT2D eigenvalue weighted by molar-refractivity contribution is -0.142. The smallest absolute Gasteiger partial charge is 0.310 e. The number of carbonyl (C=O) groups excluding carboxylic acids is 1. The molecule has 2 N–H and O–H groups in total. The largest absolute Gasteiger partial charge is 0.489 e. The van der Waals surface area contributed by atoms with Crippen LogP contribution in [-0.4, -0.2) is 27.2 Å². The summed E-state index contributed by atoms with van der Waals surface area (Å²) in [6.45, 7) is 4.05. The summed E-state index contributed by atoms with van der Waals surface area (Å²) in [6, 6.07) is 17.1. The van der Waals surface area contributed by atoms with Crippen LogP contribution in [0.1, 0.15) is 29.2 Å². The highest BCUT2D eigenvalue weighted by molar-refractivity contribution is 9.10. The summed E-state index contributed by atoms with van der Waals surface area (Å²) in [7, 11) is -3.86. The van der Waals surface area contributed by atoms with Crippen molar-refractivity contribution in [3.05, 3.63) is 87.4 Å². The van der Waals surface area contributed by atoms with Gasteiger partial charge in [-0.2, -0.15) is 0 Å². The van der Waals surface area contributed by atoms with Gasteiger partial charge in [0, 0.05) is 21.8 Å². The van der Waals surface area contributed by atoms with E-state index in [0.717, 1.165) is 11.8 Å². The number of benzene rings is 3. The molecule has 0 spiro atoms. The van der Waals surface area contributed by atoms with Gasteiger partial charge in [0.05, 0.1) is 23.6 Å². The van der Waals surface area contributed by atoms with E-state index in [1.165, 1.54) is 12.1 Å². The number of aryl methyl sites for hydroxylation is 1. The predicted molar refractivity (Wildman–Crippen MR) is 135 cm³/mol. The van der Waals surface area contributed by atoms with Crippen LogP contribution in [0, 0.1) is 12.3 Å². The fourth-order valence-corrected chi connectivity index (χ4v) is 4.92. The molecule has 9 heteroatoms. The lowest BCUT2D eigenvalue weighted by atomic mass is 10.1. The molecule has 0 unspecified atom stereocenters. The van der Waals surface area contributed by atoms with Gasteiger partial charge in [0.25, 0.3) is 10.0 Å². The Morgan fingerprint density at radius 3 is 2.50 bits per heavy atom. The number of carbonyl (C=O) groups is 1. The van der Waals surface area contributed by atoms with E-state index < -0.39 is 10.0 Å². The maximum atomic E-state index is 12.9. The van der Waals surface area contributed by atoms with Gasteiger partial charge < -0.3 is 14.9 Å². The average molecular weight is 545 g/mol. The zero-order valence-corrected chi connectivity index (χ0v) is 21.2. The van der Waals surface area contributed by atoms with Crippen molar-refractivity contribution in [2.24, 2.45) is 0 Å². The molecular formula is C25H25BrN2O5S. The summed E-state index contributed by atoms with van der Waals surface area (Å²) in [5.41, 5.74) is 2.95. The Balaban J connectivity index is 1.84. The molecule has 3 rings (SSSR count). The van der Waals surface area contributed by atoms with E-state index >= 15 is 0 Å². The molecule has 0 aliphatic rings. The number of hydrogen-bond donors (Lipinski definition) is 2. The number of halogens is 1. The summed E-state index contributed by atoms with van der Waals surface area (Å²) >= 11 is 3.42. The molecule has 34 heavy (non-hydrogen) atoms. The van der Waals surface area contributed by atoms with Crippen molar-refractivity contribution in [1.29, 1.82) is 5.41 Å². The maximum Gasteiger partial charge on any atom is 0.310 e. The molecule has 0 aliphatic carbocycles. The van der Waals surface area contributed by atoms with Gasteiger partial charge in [0.2, 0.25) is 0 Å². The highest BCUT2D eigenvalue weighted by Crippen LogP contribution is 2.29. The highest BCUT2D eigenvalue weighted by atomic mass is 79.9. The SMILES string of the molecule is CCOC(=O)Cc1ccccc1OCc1cc(Br)c(C=N)c(NS(=O)(=O)c2ccc(C)cc2)c1. The van der Waals surface area contributed by atoms with Crippen LogP contribution < -0.4 is 9.46 Å². The molecule has 0 radical (unpaired) electrons. The average Bonchev–Trinajstić information content (AvgIpc) is 2.78. The van der Waals surface area contributed by atoms with E-state index in [1.54, 1.807) is 49.4 Å². The van der Waals surface area contributed by atoms with Crippen LogP contribution in [0.5, 0.6) is 5.75 Å². The van der Waals surface area contributed by atoms with E-state index in [9.17, 15) is 13.2 Å². The second-order valence-electron chi connectivity index (χ2n) is 7.48. The fourth-order valence-electron chi connectivity index (χ4n) is 3.23. The topological polar surface area (TPSA) is 106 Å². The second-order valence-corrected chi connectivity index (χ2v) is 10.0.